The fraction of sp³-hybridized carbons (Fsp3) is 0.292. The van der Waals surface area contributed by atoms with Gasteiger partial charge in [0.2, 0.25) is 0 Å². The van der Waals surface area contributed by atoms with E-state index in [-0.39, 0.29) is 12.1 Å². The Bertz CT molecular complexity index is 1080. The smallest absolute Gasteiger partial charge is 0.409 e. The zero-order valence-corrected chi connectivity index (χ0v) is 17.8. The molecule has 0 saturated carbocycles. The molecule has 2 aromatic heterocycles. The van der Waals surface area contributed by atoms with Gasteiger partial charge in [0.25, 0.3) is 0 Å². The number of benzene rings is 1. The van der Waals surface area contributed by atoms with Gasteiger partial charge in [-0.2, -0.15) is 0 Å². The molecule has 7 heteroatoms. The van der Waals surface area contributed by atoms with Gasteiger partial charge < -0.3 is 9.64 Å². The third-order valence-electron chi connectivity index (χ3n) is 6.03. The summed E-state index contributed by atoms with van der Waals surface area (Å²) in [5.41, 5.74) is 4.91. The lowest BCUT2D eigenvalue weighted by Gasteiger charge is -2.39. The molecule has 2 aliphatic rings. The minimum atomic E-state index is -0.334. The number of carbonyl (C=O) groups is 1. The highest BCUT2D eigenvalue weighted by atomic mass is 35.5. The first-order chi connectivity index (χ1) is 15.2. The van der Waals surface area contributed by atoms with Crippen LogP contribution in [0.3, 0.4) is 0 Å². The summed E-state index contributed by atoms with van der Waals surface area (Å²) in [4.78, 5) is 25.5. The van der Waals surface area contributed by atoms with Crippen LogP contribution in [-0.2, 0) is 12.8 Å². The number of aryl methyl sites for hydroxylation is 2. The molecule has 5 rings (SSSR count). The van der Waals surface area contributed by atoms with Crippen molar-refractivity contribution in [1.29, 1.82) is 0 Å². The molecular formula is C24H23ClN4O2. The Morgan fingerprint density at radius 1 is 1.00 bits per heavy atom. The van der Waals surface area contributed by atoms with Crippen LogP contribution in [0.15, 0.2) is 61.1 Å². The number of ether oxygens (including phenoxy) is 1. The van der Waals surface area contributed by atoms with Crippen LogP contribution in [0.25, 0.3) is 0 Å². The zero-order valence-electron chi connectivity index (χ0n) is 17.1. The molecule has 0 unspecified atom stereocenters. The van der Waals surface area contributed by atoms with E-state index in [1.54, 1.807) is 29.4 Å². The van der Waals surface area contributed by atoms with E-state index in [4.69, 9.17) is 21.3 Å². The van der Waals surface area contributed by atoms with E-state index in [9.17, 15) is 4.79 Å². The van der Waals surface area contributed by atoms with Gasteiger partial charge in [-0.25, -0.2) is 4.79 Å². The number of piperazine rings is 1. The Kier molecular flexibility index (Phi) is 5.57. The molecule has 1 aliphatic carbocycles. The first-order valence-electron chi connectivity index (χ1n) is 10.5. The van der Waals surface area contributed by atoms with Gasteiger partial charge in [-0.15, -0.1) is 0 Å². The second kappa shape index (κ2) is 8.65. The maximum absolute atomic E-state index is 12.6. The van der Waals surface area contributed by atoms with Gasteiger partial charge in [0, 0.05) is 43.6 Å². The summed E-state index contributed by atoms with van der Waals surface area (Å²) in [6, 6.07) is 13.9. The van der Waals surface area contributed by atoms with Crippen LogP contribution in [0.5, 0.6) is 5.75 Å². The number of rotatable bonds is 2. The number of pyridine rings is 2. The molecule has 3 aromatic rings. The monoisotopic (exact) mass is 434 g/mol. The van der Waals surface area contributed by atoms with Crippen molar-refractivity contribution in [2.45, 2.75) is 18.9 Å². The van der Waals surface area contributed by atoms with Gasteiger partial charge in [0.05, 0.1) is 17.9 Å². The van der Waals surface area contributed by atoms with E-state index < -0.39 is 0 Å². The summed E-state index contributed by atoms with van der Waals surface area (Å²) in [6.45, 7) is 2.68. The Morgan fingerprint density at radius 2 is 1.81 bits per heavy atom. The van der Waals surface area contributed by atoms with Gasteiger partial charge in [-0.05, 0) is 59.9 Å². The average Bonchev–Trinajstić information content (AvgIpc) is 2.96. The molecule has 0 radical (unpaired) electrons. The molecule has 1 amide bonds. The number of aromatic nitrogens is 2. The van der Waals surface area contributed by atoms with Crippen LogP contribution in [-0.4, -0.2) is 52.0 Å². The molecule has 1 fully saturated rings. The van der Waals surface area contributed by atoms with Crippen molar-refractivity contribution in [3.8, 4) is 5.75 Å². The van der Waals surface area contributed by atoms with Gasteiger partial charge in [0.1, 0.15) is 0 Å². The summed E-state index contributed by atoms with van der Waals surface area (Å²) >= 11 is 6.30. The number of amides is 1. The normalized spacial score (nSPS) is 18.6. The lowest BCUT2D eigenvalue weighted by atomic mass is 9.96. The second-order valence-electron chi connectivity index (χ2n) is 7.87. The topological polar surface area (TPSA) is 58.6 Å². The lowest BCUT2D eigenvalue weighted by molar-refractivity contribution is 0.0964. The number of hydrogen-bond donors (Lipinski definition) is 0. The zero-order chi connectivity index (χ0) is 21.2. The van der Waals surface area contributed by atoms with Crippen molar-refractivity contribution in [1.82, 2.24) is 19.8 Å². The Balaban J connectivity index is 1.37. The number of hydrogen-bond acceptors (Lipinski definition) is 5. The molecule has 3 heterocycles. The molecule has 31 heavy (non-hydrogen) atoms. The highest BCUT2D eigenvalue weighted by Gasteiger charge is 2.33. The van der Waals surface area contributed by atoms with E-state index in [2.05, 4.69) is 28.1 Å². The minimum Gasteiger partial charge on any atom is -0.409 e. The number of nitrogens with zero attached hydrogens (tertiary/aromatic N) is 4. The van der Waals surface area contributed by atoms with Crippen LogP contribution in [0.4, 0.5) is 4.79 Å². The Labute approximate surface area is 186 Å². The van der Waals surface area contributed by atoms with Crippen LogP contribution >= 0.6 is 11.6 Å². The van der Waals surface area contributed by atoms with Crippen molar-refractivity contribution in [2.24, 2.45) is 0 Å². The minimum absolute atomic E-state index is 0.0578. The summed E-state index contributed by atoms with van der Waals surface area (Å²) in [6.07, 6.45) is 6.63. The molecule has 1 atom stereocenters. The summed E-state index contributed by atoms with van der Waals surface area (Å²) in [5.74, 6) is 0.461. The van der Waals surface area contributed by atoms with Crippen LogP contribution < -0.4 is 4.74 Å². The third-order valence-corrected chi connectivity index (χ3v) is 6.26. The van der Waals surface area contributed by atoms with Crippen molar-refractivity contribution in [2.75, 3.05) is 26.2 Å². The first-order valence-corrected chi connectivity index (χ1v) is 10.9. The molecule has 1 aromatic carbocycles. The summed E-state index contributed by atoms with van der Waals surface area (Å²) < 4.78 is 5.46. The van der Waals surface area contributed by atoms with E-state index >= 15 is 0 Å². The maximum Gasteiger partial charge on any atom is 0.415 e. The largest absolute Gasteiger partial charge is 0.415 e. The molecule has 0 spiro atoms. The number of fused-ring (bicyclic) bond motifs is 2. The Hall–Kier alpha value is -2.96. The molecule has 1 aliphatic heterocycles. The van der Waals surface area contributed by atoms with Crippen molar-refractivity contribution in [3.63, 3.8) is 0 Å². The molecule has 158 valence electrons. The summed E-state index contributed by atoms with van der Waals surface area (Å²) in [5, 5.41) is 0.763. The van der Waals surface area contributed by atoms with Crippen LogP contribution in [0.1, 0.15) is 28.4 Å². The van der Waals surface area contributed by atoms with E-state index in [1.807, 2.05) is 18.3 Å². The molecule has 0 bridgehead atoms. The predicted molar refractivity (Wildman–Crippen MR) is 118 cm³/mol. The predicted octanol–water partition coefficient (Wildman–Crippen LogP) is 4.13. The van der Waals surface area contributed by atoms with Gasteiger partial charge in [-0.1, -0.05) is 23.7 Å². The van der Waals surface area contributed by atoms with Gasteiger partial charge in [-0.3, -0.25) is 14.9 Å². The quantitative estimate of drug-likeness (QED) is 0.606. The van der Waals surface area contributed by atoms with Gasteiger partial charge >= 0.3 is 6.09 Å². The highest BCUT2D eigenvalue weighted by molar-refractivity contribution is 6.30. The van der Waals surface area contributed by atoms with E-state index in [0.717, 1.165) is 36.6 Å². The number of carbonyl (C=O) groups excluding carboxylic acids is 1. The van der Waals surface area contributed by atoms with E-state index in [0.29, 0.717) is 18.8 Å². The number of halogens is 1. The SMILES string of the molecule is O=C(Oc1cccnc1)N1CCN([C@H]2c3ccc(Cl)cc3CCc3cccnc32)CC1. The van der Waals surface area contributed by atoms with E-state index in [1.165, 1.54) is 16.7 Å². The summed E-state index contributed by atoms with van der Waals surface area (Å²) in [7, 11) is 0. The Morgan fingerprint density at radius 3 is 2.61 bits per heavy atom. The van der Waals surface area contributed by atoms with Gasteiger partial charge in [0.15, 0.2) is 5.75 Å². The highest BCUT2D eigenvalue weighted by Crippen LogP contribution is 2.37. The molecule has 1 saturated heterocycles. The maximum atomic E-state index is 12.6. The van der Waals surface area contributed by atoms with Crippen molar-refractivity contribution < 1.29 is 9.53 Å². The molecule has 0 N–H and O–H groups in total. The lowest BCUT2D eigenvalue weighted by Crippen LogP contribution is -2.50. The second-order valence-corrected chi connectivity index (χ2v) is 8.31. The third kappa shape index (κ3) is 4.13. The standard InChI is InChI=1S/C24H23ClN4O2/c25-19-7-8-21-18(15-19)6-5-17-3-1-10-27-22(17)23(21)28-11-13-29(14-12-28)24(30)31-20-4-2-9-26-16-20/h1-4,7-10,15-16,23H,5-6,11-14H2/t23-/m0/s1. The van der Waals surface area contributed by atoms with Crippen LogP contribution in [0.2, 0.25) is 5.02 Å². The molecular weight excluding hydrogens is 412 g/mol. The fourth-order valence-corrected chi connectivity index (χ4v) is 4.68. The first kappa shape index (κ1) is 20.0. The fourth-order valence-electron chi connectivity index (χ4n) is 4.49. The van der Waals surface area contributed by atoms with Crippen molar-refractivity contribution >= 4 is 17.7 Å². The van der Waals surface area contributed by atoms with Crippen molar-refractivity contribution in [3.05, 3.63) is 88.5 Å². The average molecular weight is 435 g/mol. The van der Waals surface area contributed by atoms with Crippen LogP contribution in [0, 0.1) is 0 Å². The molecule has 6 nitrogen and oxygen atoms in total.